The lowest BCUT2D eigenvalue weighted by Gasteiger charge is -2.24. The molecule has 0 radical (unpaired) electrons. The number of benzene rings is 1. The summed E-state index contributed by atoms with van der Waals surface area (Å²) in [6.07, 6.45) is -0.363. The molecule has 1 heterocycles. The lowest BCUT2D eigenvalue weighted by molar-refractivity contribution is 0.0239. The third-order valence-corrected chi connectivity index (χ3v) is 4.13. The molecule has 1 saturated heterocycles. The van der Waals surface area contributed by atoms with Gasteiger partial charge in [-0.2, -0.15) is 0 Å². The molecule has 2 nitrogen and oxygen atoms in total. The van der Waals surface area contributed by atoms with E-state index in [1.165, 1.54) is 12.1 Å². The molecule has 5 unspecified atom stereocenters. The first-order valence-electron chi connectivity index (χ1n) is 6.67. The highest BCUT2D eigenvalue weighted by Gasteiger charge is 2.40. The summed E-state index contributed by atoms with van der Waals surface area (Å²) in [5.41, 5.74) is 0.476. The predicted molar refractivity (Wildman–Crippen MR) is 68.7 cm³/mol. The fraction of sp³-hybridized carbons (Fsp3) is 0.600. The standard InChI is InChI=1S/C15H20F2O2/c1-8-9(2)19-10(3)15(8)14(18)6-11-4-12(16)7-13(17)5-11/h4-5,7-10,14-15,18H,6H2,1-3H3. The Morgan fingerprint density at radius 2 is 1.68 bits per heavy atom. The van der Waals surface area contributed by atoms with E-state index < -0.39 is 17.7 Å². The highest BCUT2D eigenvalue weighted by molar-refractivity contribution is 5.19. The Morgan fingerprint density at radius 1 is 1.11 bits per heavy atom. The molecular formula is C15H20F2O2. The van der Waals surface area contributed by atoms with E-state index in [9.17, 15) is 13.9 Å². The van der Waals surface area contributed by atoms with E-state index in [0.717, 1.165) is 6.07 Å². The lowest BCUT2D eigenvalue weighted by atomic mass is 9.82. The van der Waals surface area contributed by atoms with Gasteiger partial charge in [0.2, 0.25) is 0 Å². The van der Waals surface area contributed by atoms with Gasteiger partial charge in [0.05, 0.1) is 18.3 Å². The van der Waals surface area contributed by atoms with Gasteiger partial charge >= 0.3 is 0 Å². The normalized spacial score (nSPS) is 32.5. The van der Waals surface area contributed by atoms with Gasteiger partial charge in [-0.15, -0.1) is 0 Å². The number of hydrogen-bond donors (Lipinski definition) is 1. The Balaban J connectivity index is 2.10. The molecule has 1 fully saturated rings. The molecule has 0 saturated carbocycles. The molecule has 5 atom stereocenters. The summed E-state index contributed by atoms with van der Waals surface area (Å²) in [5.74, 6) is -1.01. The van der Waals surface area contributed by atoms with Crippen molar-refractivity contribution >= 4 is 0 Å². The van der Waals surface area contributed by atoms with Gasteiger partial charge in [-0.05, 0) is 43.9 Å². The molecule has 0 amide bonds. The van der Waals surface area contributed by atoms with Gasteiger partial charge < -0.3 is 9.84 Å². The average molecular weight is 270 g/mol. The van der Waals surface area contributed by atoms with Crippen molar-refractivity contribution in [3.8, 4) is 0 Å². The topological polar surface area (TPSA) is 29.5 Å². The van der Waals surface area contributed by atoms with Crippen LogP contribution >= 0.6 is 0 Å². The minimum absolute atomic E-state index is 0.0127. The van der Waals surface area contributed by atoms with Crippen molar-refractivity contribution in [3.63, 3.8) is 0 Å². The molecule has 4 heteroatoms. The van der Waals surface area contributed by atoms with Crippen LogP contribution in [0.4, 0.5) is 8.78 Å². The minimum Gasteiger partial charge on any atom is -0.392 e. The van der Waals surface area contributed by atoms with Gasteiger partial charge in [0.1, 0.15) is 11.6 Å². The molecule has 106 valence electrons. The van der Waals surface area contributed by atoms with Gasteiger partial charge in [-0.3, -0.25) is 0 Å². The van der Waals surface area contributed by atoms with E-state index >= 15 is 0 Å². The fourth-order valence-corrected chi connectivity index (χ4v) is 3.06. The van der Waals surface area contributed by atoms with Crippen molar-refractivity contribution in [2.45, 2.75) is 45.5 Å². The second kappa shape index (κ2) is 5.55. The van der Waals surface area contributed by atoms with E-state index in [-0.39, 0.29) is 30.5 Å². The van der Waals surface area contributed by atoms with Crippen LogP contribution < -0.4 is 0 Å². The molecule has 2 rings (SSSR count). The number of hydrogen-bond acceptors (Lipinski definition) is 2. The maximum atomic E-state index is 13.1. The molecule has 0 spiro atoms. The molecule has 1 aliphatic rings. The number of ether oxygens (including phenoxy) is 1. The molecule has 1 aromatic carbocycles. The third-order valence-electron chi connectivity index (χ3n) is 4.13. The molecule has 0 aromatic heterocycles. The first-order chi connectivity index (χ1) is 8.88. The van der Waals surface area contributed by atoms with E-state index in [4.69, 9.17) is 4.74 Å². The predicted octanol–water partition coefficient (Wildman–Crippen LogP) is 2.93. The number of aliphatic hydroxyl groups excluding tert-OH is 1. The van der Waals surface area contributed by atoms with E-state index in [2.05, 4.69) is 0 Å². The van der Waals surface area contributed by atoms with Crippen molar-refractivity contribution < 1.29 is 18.6 Å². The van der Waals surface area contributed by atoms with Crippen LogP contribution in [0.1, 0.15) is 26.3 Å². The second-order valence-corrected chi connectivity index (χ2v) is 5.53. The zero-order valence-corrected chi connectivity index (χ0v) is 11.4. The van der Waals surface area contributed by atoms with Crippen molar-refractivity contribution in [1.29, 1.82) is 0 Å². The molecule has 19 heavy (non-hydrogen) atoms. The summed E-state index contributed by atoms with van der Waals surface area (Å²) in [7, 11) is 0. The SMILES string of the molecule is CC1OC(C)C(C(O)Cc2cc(F)cc(F)c2)C1C. The lowest BCUT2D eigenvalue weighted by Crippen LogP contribution is -2.32. The maximum absolute atomic E-state index is 13.1. The smallest absolute Gasteiger partial charge is 0.126 e. The molecular weight excluding hydrogens is 250 g/mol. The van der Waals surface area contributed by atoms with Crippen molar-refractivity contribution in [3.05, 3.63) is 35.4 Å². The first-order valence-corrected chi connectivity index (χ1v) is 6.67. The van der Waals surface area contributed by atoms with E-state index in [0.29, 0.717) is 5.56 Å². The van der Waals surface area contributed by atoms with Crippen LogP contribution in [0.2, 0.25) is 0 Å². The van der Waals surface area contributed by atoms with Gasteiger partial charge in [-0.1, -0.05) is 6.92 Å². The highest BCUT2D eigenvalue weighted by atomic mass is 19.1. The minimum atomic E-state index is -0.656. The molecule has 1 N–H and O–H groups in total. The van der Waals surface area contributed by atoms with Gasteiger partial charge in [0.15, 0.2) is 0 Å². The van der Waals surface area contributed by atoms with Crippen LogP contribution in [0.3, 0.4) is 0 Å². The number of aliphatic hydroxyl groups is 1. The van der Waals surface area contributed by atoms with Crippen molar-refractivity contribution in [1.82, 2.24) is 0 Å². The fourth-order valence-electron chi connectivity index (χ4n) is 3.06. The van der Waals surface area contributed by atoms with E-state index in [1.54, 1.807) is 0 Å². The number of halogens is 2. The highest BCUT2D eigenvalue weighted by Crippen LogP contribution is 2.35. The van der Waals surface area contributed by atoms with Crippen molar-refractivity contribution in [2.24, 2.45) is 11.8 Å². The van der Waals surface area contributed by atoms with Crippen molar-refractivity contribution in [2.75, 3.05) is 0 Å². The summed E-state index contributed by atoms with van der Waals surface area (Å²) >= 11 is 0. The number of rotatable bonds is 3. The Bertz CT molecular complexity index is 430. The first kappa shape index (κ1) is 14.4. The van der Waals surface area contributed by atoms with Gasteiger partial charge in [0, 0.05) is 12.0 Å². The van der Waals surface area contributed by atoms with Gasteiger partial charge in [-0.25, -0.2) is 8.78 Å². The van der Waals surface area contributed by atoms with Crippen LogP contribution in [-0.4, -0.2) is 23.4 Å². The third kappa shape index (κ3) is 3.12. The zero-order valence-electron chi connectivity index (χ0n) is 11.4. The molecule has 0 aliphatic carbocycles. The second-order valence-electron chi connectivity index (χ2n) is 5.53. The molecule has 0 bridgehead atoms. The molecule has 1 aliphatic heterocycles. The Labute approximate surface area is 112 Å². The van der Waals surface area contributed by atoms with Crippen LogP contribution in [-0.2, 0) is 11.2 Å². The summed E-state index contributed by atoms with van der Waals surface area (Å²) in [6, 6.07) is 3.36. The van der Waals surface area contributed by atoms with E-state index in [1.807, 2.05) is 20.8 Å². The van der Waals surface area contributed by atoms with Crippen LogP contribution in [0.5, 0.6) is 0 Å². The van der Waals surface area contributed by atoms with Gasteiger partial charge in [0.25, 0.3) is 0 Å². The van der Waals surface area contributed by atoms with Crippen LogP contribution in [0, 0.1) is 23.5 Å². The quantitative estimate of drug-likeness (QED) is 0.915. The Morgan fingerprint density at radius 3 is 2.16 bits per heavy atom. The average Bonchev–Trinajstić information content (AvgIpc) is 2.51. The largest absolute Gasteiger partial charge is 0.392 e. The van der Waals surface area contributed by atoms with Crippen LogP contribution in [0.25, 0.3) is 0 Å². The summed E-state index contributed by atoms with van der Waals surface area (Å²) in [5, 5.41) is 10.3. The zero-order chi connectivity index (χ0) is 14.2. The Hall–Kier alpha value is -1.00. The maximum Gasteiger partial charge on any atom is 0.126 e. The van der Waals surface area contributed by atoms with Crippen LogP contribution in [0.15, 0.2) is 18.2 Å². The molecule has 1 aromatic rings. The summed E-state index contributed by atoms with van der Waals surface area (Å²) in [4.78, 5) is 0. The summed E-state index contributed by atoms with van der Waals surface area (Å²) in [6.45, 7) is 5.95. The Kier molecular flexibility index (Phi) is 4.21. The monoisotopic (exact) mass is 270 g/mol. The summed E-state index contributed by atoms with van der Waals surface area (Å²) < 4.78 is 31.9.